The number of anilines is 1. The Kier molecular flexibility index (Phi) is 9.88. The number of halogens is 2. The Morgan fingerprint density at radius 1 is 1.04 bits per heavy atom. The maximum atomic E-state index is 14.6. The summed E-state index contributed by atoms with van der Waals surface area (Å²) < 4.78 is 41.1. The molecule has 4 heterocycles. The van der Waals surface area contributed by atoms with Crippen LogP contribution in [0.2, 0.25) is 0 Å². The molecule has 2 aromatic rings. The van der Waals surface area contributed by atoms with Crippen LogP contribution in [0, 0.1) is 11.6 Å². The molecule has 0 N–H and O–H groups in total. The molecule has 0 aliphatic carbocycles. The fourth-order valence-corrected chi connectivity index (χ4v) is 7.18. The molecule has 2 amide bonds. The first-order valence-electron chi connectivity index (χ1n) is 16.5. The number of rotatable bonds is 6. The van der Waals surface area contributed by atoms with Crippen LogP contribution in [-0.2, 0) is 33.2 Å². The highest BCUT2D eigenvalue weighted by Gasteiger charge is 2.43. The van der Waals surface area contributed by atoms with E-state index in [0.717, 1.165) is 18.3 Å². The highest BCUT2D eigenvalue weighted by atomic mass is 19.1. The van der Waals surface area contributed by atoms with Crippen molar-refractivity contribution in [1.82, 2.24) is 19.3 Å². The molecule has 0 saturated carbocycles. The van der Waals surface area contributed by atoms with Gasteiger partial charge in [-0.15, -0.1) is 0 Å². The van der Waals surface area contributed by atoms with Gasteiger partial charge in [-0.3, -0.25) is 19.4 Å². The van der Waals surface area contributed by atoms with Gasteiger partial charge in [0.05, 0.1) is 31.1 Å². The number of pyridine rings is 1. The van der Waals surface area contributed by atoms with Crippen molar-refractivity contribution in [3.05, 3.63) is 63.1 Å². The lowest BCUT2D eigenvalue weighted by Gasteiger charge is -2.47. The van der Waals surface area contributed by atoms with Crippen molar-refractivity contribution in [2.24, 2.45) is 7.05 Å². The first-order chi connectivity index (χ1) is 21.9. The average molecular weight is 658 g/mol. The molecular formula is C35H49F2N5O5. The standard InChI is InChI=1S/C35H49F2N5O5/c1-22-16-40(27(17-39-11-12-46-20-23(39)2)18-41(22)33(45)47-34(3,4)5)19-30(43)42-21-35(6,7)31-29(42)14-25(32(44)38(31)8)13-24-9-10-26(36)15-28(24)37/h9-10,14-15,22-23,27H,11-13,16-21H2,1-8H3/t22-,23?,27+/m1/s1. The summed E-state index contributed by atoms with van der Waals surface area (Å²) in [5, 5.41) is 0. The third kappa shape index (κ3) is 7.54. The second kappa shape index (κ2) is 13.3. The van der Waals surface area contributed by atoms with Crippen LogP contribution in [-0.4, -0.2) is 107 Å². The van der Waals surface area contributed by atoms with Gasteiger partial charge < -0.3 is 23.8 Å². The van der Waals surface area contributed by atoms with Crippen molar-refractivity contribution in [3.8, 4) is 0 Å². The number of hydrogen-bond donors (Lipinski definition) is 0. The van der Waals surface area contributed by atoms with E-state index < -0.39 is 22.7 Å². The molecule has 3 aliphatic heterocycles. The van der Waals surface area contributed by atoms with Gasteiger partial charge in [-0.25, -0.2) is 13.6 Å². The van der Waals surface area contributed by atoms with E-state index in [0.29, 0.717) is 50.6 Å². The van der Waals surface area contributed by atoms with Crippen molar-refractivity contribution >= 4 is 17.7 Å². The lowest BCUT2D eigenvalue weighted by atomic mass is 9.90. The molecular weight excluding hydrogens is 608 g/mol. The summed E-state index contributed by atoms with van der Waals surface area (Å²) in [5.74, 6) is -1.53. The molecule has 3 atom stereocenters. The molecule has 1 aromatic heterocycles. The molecule has 10 nitrogen and oxygen atoms in total. The SMILES string of the molecule is CC1COCCN1C[C@H]1CN(C(=O)OC(C)(C)C)[C@H](C)CN1CC(=O)N1CC(C)(C)c2c1cc(Cc1ccc(F)cc1F)c(=O)n2C. The predicted molar refractivity (Wildman–Crippen MR) is 176 cm³/mol. The van der Waals surface area contributed by atoms with Gasteiger partial charge in [0, 0.05) is 81.4 Å². The number of aromatic nitrogens is 1. The quantitative estimate of drug-likeness (QED) is 0.466. The molecule has 1 unspecified atom stereocenters. The number of piperazine rings is 1. The van der Waals surface area contributed by atoms with Crippen LogP contribution in [0.1, 0.15) is 65.3 Å². The molecule has 2 saturated heterocycles. The molecule has 12 heteroatoms. The Balaban J connectivity index is 1.42. The minimum Gasteiger partial charge on any atom is -0.444 e. The van der Waals surface area contributed by atoms with Crippen LogP contribution in [0.25, 0.3) is 0 Å². The monoisotopic (exact) mass is 657 g/mol. The smallest absolute Gasteiger partial charge is 0.410 e. The molecule has 0 spiro atoms. The van der Waals surface area contributed by atoms with E-state index in [1.165, 1.54) is 12.1 Å². The van der Waals surface area contributed by atoms with E-state index in [1.54, 1.807) is 27.5 Å². The van der Waals surface area contributed by atoms with Crippen LogP contribution in [0.15, 0.2) is 29.1 Å². The Hall–Kier alpha value is -3.35. The van der Waals surface area contributed by atoms with Crippen LogP contribution in [0.3, 0.4) is 0 Å². The fraction of sp³-hybridized carbons (Fsp3) is 0.629. The topological polar surface area (TPSA) is 87.6 Å². The number of ether oxygens (including phenoxy) is 2. The molecule has 3 aliphatic rings. The second-order valence-corrected chi connectivity index (χ2v) is 15.0. The number of fused-ring (bicyclic) bond motifs is 1. The molecule has 258 valence electrons. The zero-order valence-electron chi connectivity index (χ0n) is 28.9. The summed E-state index contributed by atoms with van der Waals surface area (Å²) in [6.45, 7) is 17.7. The van der Waals surface area contributed by atoms with Gasteiger partial charge >= 0.3 is 6.09 Å². The summed E-state index contributed by atoms with van der Waals surface area (Å²) in [5.41, 5.74) is 0.474. The van der Waals surface area contributed by atoms with E-state index in [-0.39, 0.29) is 54.2 Å². The van der Waals surface area contributed by atoms with E-state index >= 15 is 0 Å². The van der Waals surface area contributed by atoms with E-state index in [1.807, 2.05) is 41.5 Å². The van der Waals surface area contributed by atoms with Crippen LogP contribution in [0.4, 0.5) is 19.3 Å². The third-order valence-electron chi connectivity index (χ3n) is 9.52. The fourth-order valence-electron chi connectivity index (χ4n) is 7.18. The van der Waals surface area contributed by atoms with Crippen molar-refractivity contribution in [1.29, 1.82) is 0 Å². The first kappa shape index (κ1) is 35.0. The maximum absolute atomic E-state index is 14.6. The lowest BCUT2D eigenvalue weighted by molar-refractivity contribution is -0.121. The second-order valence-electron chi connectivity index (χ2n) is 15.0. The number of nitrogens with zero attached hydrogens (tertiary/aromatic N) is 5. The molecule has 47 heavy (non-hydrogen) atoms. The molecule has 0 radical (unpaired) electrons. The largest absolute Gasteiger partial charge is 0.444 e. The van der Waals surface area contributed by atoms with Crippen LogP contribution >= 0.6 is 0 Å². The third-order valence-corrected chi connectivity index (χ3v) is 9.52. The minimum atomic E-state index is -0.721. The number of hydrogen-bond acceptors (Lipinski definition) is 7. The molecule has 0 bridgehead atoms. The highest BCUT2D eigenvalue weighted by molar-refractivity contribution is 5.97. The van der Waals surface area contributed by atoms with Gasteiger partial charge in [0.1, 0.15) is 17.2 Å². The average Bonchev–Trinajstić information content (AvgIpc) is 3.24. The molecule has 5 rings (SSSR count). The normalized spacial score (nSPS) is 23.6. The van der Waals surface area contributed by atoms with Crippen molar-refractivity contribution in [3.63, 3.8) is 0 Å². The van der Waals surface area contributed by atoms with Gasteiger partial charge in [0.25, 0.3) is 5.56 Å². The Morgan fingerprint density at radius 2 is 1.77 bits per heavy atom. The maximum Gasteiger partial charge on any atom is 0.410 e. The van der Waals surface area contributed by atoms with E-state index in [2.05, 4.69) is 16.7 Å². The summed E-state index contributed by atoms with van der Waals surface area (Å²) in [6.07, 6.45) is -0.393. The number of amides is 2. The van der Waals surface area contributed by atoms with Gasteiger partial charge in [0.15, 0.2) is 0 Å². The summed E-state index contributed by atoms with van der Waals surface area (Å²) in [7, 11) is 1.68. The summed E-state index contributed by atoms with van der Waals surface area (Å²) >= 11 is 0. The molecule has 2 fully saturated rings. The van der Waals surface area contributed by atoms with Gasteiger partial charge in [-0.1, -0.05) is 19.9 Å². The first-order valence-corrected chi connectivity index (χ1v) is 16.5. The summed E-state index contributed by atoms with van der Waals surface area (Å²) in [6, 6.07) is 4.91. The zero-order valence-corrected chi connectivity index (χ0v) is 28.9. The summed E-state index contributed by atoms with van der Waals surface area (Å²) in [4.78, 5) is 49.0. The highest BCUT2D eigenvalue weighted by Crippen LogP contribution is 2.40. The van der Waals surface area contributed by atoms with Crippen molar-refractivity contribution in [2.45, 2.75) is 84.0 Å². The minimum absolute atomic E-state index is 0.0293. The number of carbonyl (C=O) groups is 2. The van der Waals surface area contributed by atoms with E-state index in [4.69, 9.17) is 9.47 Å². The van der Waals surface area contributed by atoms with Gasteiger partial charge in [0.2, 0.25) is 5.91 Å². The van der Waals surface area contributed by atoms with Gasteiger partial charge in [-0.05, 0) is 52.3 Å². The Labute approximate surface area is 276 Å². The zero-order chi connectivity index (χ0) is 34.4. The van der Waals surface area contributed by atoms with Crippen molar-refractivity contribution in [2.75, 3.05) is 57.4 Å². The Bertz CT molecular complexity index is 1570. The van der Waals surface area contributed by atoms with Crippen LogP contribution in [0.5, 0.6) is 0 Å². The van der Waals surface area contributed by atoms with E-state index in [9.17, 15) is 23.2 Å². The Morgan fingerprint density at radius 3 is 2.43 bits per heavy atom. The van der Waals surface area contributed by atoms with Crippen LogP contribution < -0.4 is 10.5 Å². The van der Waals surface area contributed by atoms with Gasteiger partial charge in [-0.2, -0.15) is 0 Å². The van der Waals surface area contributed by atoms with Crippen molar-refractivity contribution < 1.29 is 27.8 Å². The number of carbonyl (C=O) groups excluding carboxylic acids is 2. The predicted octanol–water partition coefficient (Wildman–Crippen LogP) is 3.91. The number of benzene rings is 1. The number of morpholine rings is 1. The lowest BCUT2D eigenvalue weighted by Crippen LogP contribution is -2.64. The molecule has 1 aromatic carbocycles.